The van der Waals surface area contributed by atoms with Gasteiger partial charge < -0.3 is 20.5 Å². The van der Waals surface area contributed by atoms with Gasteiger partial charge in [-0.2, -0.15) is 11.8 Å². The predicted molar refractivity (Wildman–Crippen MR) is 139 cm³/mol. The number of hydrogen-bond donors (Lipinski definition) is 3. The molecule has 2 amide bonds. The van der Waals surface area contributed by atoms with Gasteiger partial charge in [0.05, 0.1) is 5.75 Å². The largest absolute Gasteiger partial charge is 0.481 e. The van der Waals surface area contributed by atoms with Crippen LogP contribution in [-0.2, 0) is 14.3 Å². The number of alkyl carbamates (subject to hydrolysis) is 1. The number of benzene rings is 2. The predicted octanol–water partition coefficient (Wildman–Crippen LogP) is 4.80. The van der Waals surface area contributed by atoms with Gasteiger partial charge in [0.15, 0.2) is 0 Å². The van der Waals surface area contributed by atoms with Crippen LogP contribution in [0.25, 0.3) is 11.1 Å². The lowest BCUT2D eigenvalue weighted by molar-refractivity contribution is -0.137. The molecule has 0 saturated carbocycles. The van der Waals surface area contributed by atoms with Gasteiger partial charge in [0, 0.05) is 31.2 Å². The van der Waals surface area contributed by atoms with Crippen LogP contribution in [0, 0.1) is 0 Å². The Labute approximate surface area is 211 Å². The number of aliphatic carboxylic acids is 1. The number of carbonyl (C=O) groups excluding carboxylic acids is 2. The lowest BCUT2D eigenvalue weighted by Crippen LogP contribution is -2.29. The molecule has 0 bridgehead atoms. The molecule has 0 aromatic heterocycles. The second-order valence-corrected chi connectivity index (χ2v) is 9.67. The number of hydrogen-bond acceptors (Lipinski definition) is 5. The summed E-state index contributed by atoms with van der Waals surface area (Å²) in [6.07, 6.45) is 4.27. The van der Waals surface area contributed by atoms with E-state index < -0.39 is 12.1 Å². The van der Waals surface area contributed by atoms with E-state index in [1.165, 1.54) is 34.0 Å². The average Bonchev–Trinajstić information content (AvgIpc) is 3.17. The van der Waals surface area contributed by atoms with Gasteiger partial charge in [-0.3, -0.25) is 9.59 Å². The Kier molecular flexibility index (Phi) is 11.0. The van der Waals surface area contributed by atoms with Crippen LogP contribution in [0.1, 0.15) is 55.6 Å². The van der Waals surface area contributed by atoms with E-state index in [0.717, 1.165) is 25.7 Å². The van der Waals surface area contributed by atoms with Gasteiger partial charge in [-0.25, -0.2) is 4.79 Å². The maximum absolute atomic E-state index is 12.2. The zero-order valence-corrected chi connectivity index (χ0v) is 20.8. The molecule has 35 heavy (non-hydrogen) atoms. The first-order valence-electron chi connectivity index (χ1n) is 12.2. The van der Waals surface area contributed by atoms with Gasteiger partial charge in [0.2, 0.25) is 5.91 Å². The van der Waals surface area contributed by atoms with Crippen LogP contribution in [0.4, 0.5) is 4.79 Å². The zero-order chi connectivity index (χ0) is 24.9. The molecule has 1 aliphatic carbocycles. The lowest BCUT2D eigenvalue weighted by Gasteiger charge is -2.14. The van der Waals surface area contributed by atoms with Crippen LogP contribution in [0.2, 0.25) is 0 Å². The topological polar surface area (TPSA) is 105 Å². The van der Waals surface area contributed by atoms with Crippen LogP contribution in [0.15, 0.2) is 48.5 Å². The monoisotopic (exact) mass is 498 g/mol. The Morgan fingerprint density at radius 3 is 2.14 bits per heavy atom. The van der Waals surface area contributed by atoms with E-state index in [-0.39, 0.29) is 24.9 Å². The number of carboxylic acids is 1. The lowest BCUT2D eigenvalue weighted by atomic mass is 9.98. The Hall–Kier alpha value is -3.00. The van der Waals surface area contributed by atoms with Gasteiger partial charge >= 0.3 is 12.1 Å². The number of rotatable bonds is 15. The molecule has 0 fully saturated rings. The summed E-state index contributed by atoms with van der Waals surface area (Å²) in [5.74, 6) is 0.257. The molecule has 3 N–H and O–H groups in total. The first-order chi connectivity index (χ1) is 17.1. The van der Waals surface area contributed by atoms with E-state index >= 15 is 0 Å². The number of thioether (sulfide) groups is 1. The number of nitrogens with one attached hydrogen (secondary N) is 2. The molecule has 0 spiro atoms. The van der Waals surface area contributed by atoms with Crippen molar-refractivity contribution in [2.45, 2.75) is 44.4 Å². The summed E-state index contributed by atoms with van der Waals surface area (Å²) in [7, 11) is 0. The Morgan fingerprint density at radius 2 is 1.46 bits per heavy atom. The van der Waals surface area contributed by atoms with Gasteiger partial charge in [-0.15, -0.1) is 0 Å². The molecule has 0 radical (unpaired) electrons. The van der Waals surface area contributed by atoms with E-state index in [9.17, 15) is 14.4 Å². The average molecular weight is 499 g/mol. The maximum Gasteiger partial charge on any atom is 0.407 e. The third-order valence-corrected chi connectivity index (χ3v) is 6.94. The van der Waals surface area contributed by atoms with Gasteiger partial charge in [0.1, 0.15) is 6.61 Å². The Bertz CT molecular complexity index is 952. The minimum Gasteiger partial charge on any atom is -0.481 e. The van der Waals surface area contributed by atoms with Crippen molar-refractivity contribution in [1.29, 1.82) is 0 Å². The summed E-state index contributed by atoms with van der Waals surface area (Å²) in [5.41, 5.74) is 4.76. The van der Waals surface area contributed by atoms with Crippen molar-refractivity contribution in [1.82, 2.24) is 10.6 Å². The fourth-order valence-electron chi connectivity index (χ4n) is 4.25. The second-order valence-electron chi connectivity index (χ2n) is 8.57. The fourth-order valence-corrected chi connectivity index (χ4v) is 4.93. The third kappa shape index (κ3) is 8.62. The van der Waals surface area contributed by atoms with E-state index in [0.29, 0.717) is 31.0 Å². The Balaban J connectivity index is 1.22. The summed E-state index contributed by atoms with van der Waals surface area (Å²) in [4.78, 5) is 34.5. The highest BCUT2D eigenvalue weighted by molar-refractivity contribution is 7.99. The molecular formula is C27H34N2O5S. The molecule has 2 aromatic carbocycles. The first kappa shape index (κ1) is 26.6. The quantitative estimate of drug-likeness (QED) is 0.305. The zero-order valence-electron chi connectivity index (χ0n) is 20.0. The summed E-state index contributed by atoms with van der Waals surface area (Å²) >= 11 is 1.47. The molecule has 8 heteroatoms. The number of fused-ring (bicyclic) bond motifs is 3. The standard InChI is InChI=1S/C27H34N2O5S/c30-25(28-15-9-3-1-2-4-14-26(31)32)19-35-17-16-29-27(33)34-18-24-22-12-7-5-10-20(22)21-11-6-8-13-23(21)24/h5-8,10-13,24H,1-4,9,14-19H2,(H,28,30)(H,29,33)(H,31,32). The highest BCUT2D eigenvalue weighted by atomic mass is 32.2. The number of ether oxygens (including phenoxy) is 1. The summed E-state index contributed by atoms with van der Waals surface area (Å²) in [6.45, 7) is 1.36. The maximum atomic E-state index is 12.2. The van der Waals surface area contributed by atoms with Crippen molar-refractivity contribution in [3.63, 3.8) is 0 Å². The van der Waals surface area contributed by atoms with Crippen molar-refractivity contribution in [2.75, 3.05) is 31.2 Å². The van der Waals surface area contributed by atoms with E-state index in [2.05, 4.69) is 34.9 Å². The summed E-state index contributed by atoms with van der Waals surface area (Å²) in [6, 6.07) is 16.5. The molecule has 0 atom stereocenters. The van der Waals surface area contributed by atoms with Gasteiger partial charge in [-0.1, -0.05) is 67.8 Å². The minimum absolute atomic E-state index is 0.0120. The van der Waals surface area contributed by atoms with E-state index in [1.807, 2.05) is 24.3 Å². The van der Waals surface area contributed by atoms with Crippen LogP contribution in [0.5, 0.6) is 0 Å². The highest BCUT2D eigenvalue weighted by Gasteiger charge is 2.28. The number of carboxylic acid groups (broad SMARTS) is 1. The molecule has 188 valence electrons. The van der Waals surface area contributed by atoms with Crippen LogP contribution in [0.3, 0.4) is 0 Å². The summed E-state index contributed by atoms with van der Waals surface area (Å²) in [5, 5.41) is 14.2. The van der Waals surface area contributed by atoms with E-state index in [4.69, 9.17) is 9.84 Å². The number of amides is 2. The fraction of sp³-hybridized carbons (Fsp3) is 0.444. The van der Waals surface area contributed by atoms with Gasteiger partial charge in [-0.05, 0) is 35.1 Å². The van der Waals surface area contributed by atoms with Crippen molar-refractivity contribution < 1.29 is 24.2 Å². The second kappa shape index (κ2) is 14.4. The molecule has 0 aliphatic heterocycles. The number of unbranched alkanes of at least 4 members (excludes halogenated alkanes) is 4. The molecule has 1 aliphatic rings. The van der Waals surface area contributed by atoms with Gasteiger partial charge in [0.25, 0.3) is 0 Å². The van der Waals surface area contributed by atoms with Crippen molar-refractivity contribution >= 4 is 29.7 Å². The third-order valence-electron chi connectivity index (χ3n) is 5.98. The van der Waals surface area contributed by atoms with Crippen molar-refractivity contribution in [2.24, 2.45) is 0 Å². The molecule has 3 rings (SSSR count). The Morgan fingerprint density at radius 1 is 0.829 bits per heavy atom. The SMILES string of the molecule is O=C(O)CCCCCCCNC(=O)CSCCNC(=O)OCC1c2ccccc2-c2ccccc21. The van der Waals surface area contributed by atoms with Crippen LogP contribution in [-0.4, -0.2) is 54.3 Å². The molecular weight excluding hydrogens is 464 g/mol. The van der Waals surface area contributed by atoms with E-state index in [1.54, 1.807) is 0 Å². The molecule has 7 nitrogen and oxygen atoms in total. The first-order valence-corrected chi connectivity index (χ1v) is 13.4. The molecule has 2 aromatic rings. The minimum atomic E-state index is -0.747. The summed E-state index contributed by atoms with van der Waals surface area (Å²) < 4.78 is 5.51. The molecule has 0 saturated heterocycles. The van der Waals surface area contributed by atoms with Crippen LogP contribution < -0.4 is 10.6 Å². The highest BCUT2D eigenvalue weighted by Crippen LogP contribution is 2.44. The number of carbonyl (C=O) groups is 3. The molecule has 0 unspecified atom stereocenters. The normalized spacial score (nSPS) is 12.0. The molecule has 0 heterocycles. The van der Waals surface area contributed by atoms with Crippen molar-refractivity contribution in [3.05, 3.63) is 59.7 Å². The smallest absolute Gasteiger partial charge is 0.407 e. The van der Waals surface area contributed by atoms with Crippen molar-refractivity contribution in [3.8, 4) is 11.1 Å². The van der Waals surface area contributed by atoms with Crippen LogP contribution >= 0.6 is 11.8 Å².